The van der Waals surface area contributed by atoms with Crippen LogP contribution in [0.2, 0.25) is 0 Å². The topological polar surface area (TPSA) is 145 Å². The molecule has 0 unspecified atom stereocenters. The molecule has 1 amide bonds. The van der Waals surface area contributed by atoms with Crippen LogP contribution in [0.5, 0.6) is 11.5 Å². The summed E-state index contributed by atoms with van der Waals surface area (Å²) in [6, 6.07) is 25.5. The number of ether oxygens (including phenoxy) is 4. The largest absolute Gasteiger partial charge is 0.497 e. The zero-order valence-electron chi connectivity index (χ0n) is 31.6. The number of carbonyl (C=O) groups excluding carboxylic acids is 1. The first-order valence-corrected chi connectivity index (χ1v) is 19.4. The average Bonchev–Trinajstić information content (AvgIpc) is 3.76. The zero-order valence-corrected chi connectivity index (χ0v) is 33.2. The van der Waals surface area contributed by atoms with Gasteiger partial charge in [-0.25, -0.2) is 9.67 Å². The Balaban J connectivity index is 1.33. The van der Waals surface area contributed by atoms with Crippen molar-refractivity contribution in [2.45, 2.75) is 70.0 Å². The predicted molar refractivity (Wildman–Crippen MR) is 215 cm³/mol. The van der Waals surface area contributed by atoms with Crippen molar-refractivity contribution in [3.63, 3.8) is 0 Å². The smallest absolute Gasteiger partial charge is 0.233 e. The van der Waals surface area contributed by atoms with Gasteiger partial charge in [0.05, 0.1) is 38.7 Å². The number of aliphatic hydroxyl groups excluding tert-OH is 1. The molecule has 5 aromatic rings. The lowest BCUT2D eigenvalue weighted by atomic mass is 9.80. The van der Waals surface area contributed by atoms with Gasteiger partial charge in [0.1, 0.15) is 27.8 Å². The summed E-state index contributed by atoms with van der Waals surface area (Å²) in [4.78, 5) is 27.6. The molecule has 0 saturated carbocycles. The second-order valence-corrected chi connectivity index (χ2v) is 14.1. The van der Waals surface area contributed by atoms with Gasteiger partial charge in [0.25, 0.3) is 0 Å². The Morgan fingerprint density at radius 3 is 2.11 bits per heavy atom. The van der Waals surface area contributed by atoms with Crippen molar-refractivity contribution < 1.29 is 28.8 Å². The minimum absolute atomic E-state index is 0.0266. The lowest BCUT2D eigenvalue weighted by molar-refractivity contribution is -0.105. The molecular weight excluding hydrogens is 766 g/mol. The Bertz CT molecular complexity index is 1970. The molecule has 3 heterocycles. The van der Waals surface area contributed by atoms with Crippen LogP contribution < -0.4 is 14.8 Å². The molecule has 1 aliphatic heterocycles. The number of anilines is 1. The number of nitrogens with one attached hydrogen (secondary N) is 1. The molecule has 0 bridgehead atoms. The number of hydrogen-bond donors (Lipinski definition) is 2. The molecule has 0 aliphatic carbocycles. The number of hydrogen-bond acceptors (Lipinski definition) is 10. The Hall–Kier alpha value is -4.89. The van der Waals surface area contributed by atoms with Gasteiger partial charge >= 0.3 is 0 Å². The predicted octanol–water partition coefficient (Wildman–Crippen LogP) is 7.39. The number of halogens is 1. The van der Waals surface area contributed by atoms with Crippen molar-refractivity contribution in [2.75, 3.05) is 39.2 Å². The van der Waals surface area contributed by atoms with E-state index < -0.39 is 24.0 Å². The van der Waals surface area contributed by atoms with Gasteiger partial charge in [-0.05, 0) is 69.7 Å². The van der Waals surface area contributed by atoms with E-state index in [0.29, 0.717) is 39.4 Å². The minimum atomic E-state index is -1.10. The van der Waals surface area contributed by atoms with E-state index in [0.717, 1.165) is 55.5 Å². The van der Waals surface area contributed by atoms with E-state index in [1.165, 1.54) is 0 Å². The number of fused-ring (bicyclic) bond motifs is 1. The summed E-state index contributed by atoms with van der Waals surface area (Å²) in [5.41, 5.74) is 1.90. The van der Waals surface area contributed by atoms with Crippen LogP contribution in [0, 0.1) is 0 Å². The normalized spacial score (nSPS) is 17.2. The number of aliphatic hydroxyl groups is 1. The summed E-state index contributed by atoms with van der Waals surface area (Å²) in [7, 11) is 3.26. The zero-order chi connectivity index (χ0) is 38.8. The molecule has 13 nitrogen and oxygen atoms in total. The monoisotopic (exact) mass is 813 g/mol. The lowest BCUT2D eigenvalue weighted by Gasteiger charge is -2.37. The Morgan fingerprint density at radius 1 is 0.945 bits per heavy atom. The quantitative estimate of drug-likeness (QED) is 0.0375. The maximum absolute atomic E-state index is 11.5. The van der Waals surface area contributed by atoms with Gasteiger partial charge < -0.3 is 29.0 Å². The fraction of sp³-hybridized carbons (Fsp3) is 0.390. The van der Waals surface area contributed by atoms with Crippen molar-refractivity contribution in [2.24, 2.45) is 4.99 Å². The number of aromatic nitrogens is 4. The molecule has 290 valence electrons. The summed E-state index contributed by atoms with van der Waals surface area (Å²) >= 11 is 3.61. The standard InChI is InChI=1S/C41H48BrN7O6/c1-5-7-22-48(23-8-6-2)26-43-38-36-37(42)47-49(39(36)46-40(45-38)44-27-50)35-24-33(51)34(55-35)25-54-41(28-12-10-9-11-13-28,29-14-18-31(52-3)19-15-29)30-16-20-32(53-4)21-17-30/h9-21,26-27,33-35,51H,5-8,22-25H2,1-4H3,(H,44,45,46,50)/b43-26+/t33-,34+,35+/m0/s1. The van der Waals surface area contributed by atoms with Crippen molar-refractivity contribution in [3.8, 4) is 11.5 Å². The molecular formula is C41H48BrN7O6. The molecule has 55 heavy (non-hydrogen) atoms. The Labute approximate surface area is 329 Å². The van der Waals surface area contributed by atoms with E-state index in [4.69, 9.17) is 29.0 Å². The van der Waals surface area contributed by atoms with Gasteiger partial charge in [0.2, 0.25) is 12.4 Å². The fourth-order valence-electron chi connectivity index (χ4n) is 6.77. The molecule has 3 aromatic carbocycles. The molecule has 0 radical (unpaired) electrons. The maximum Gasteiger partial charge on any atom is 0.233 e. The van der Waals surface area contributed by atoms with Gasteiger partial charge in [0.15, 0.2) is 17.7 Å². The average molecular weight is 815 g/mol. The van der Waals surface area contributed by atoms with Crippen molar-refractivity contribution >= 4 is 51.5 Å². The van der Waals surface area contributed by atoms with Gasteiger partial charge in [-0.3, -0.25) is 10.1 Å². The highest BCUT2D eigenvalue weighted by atomic mass is 79.9. The van der Waals surface area contributed by atoms with Gasteiger partial charge in [-0.2, -0.15) is 15.1 Å². The number of aliphatic imine (C=N–C) groups is 1. The number of benzene rings is 3. The van der Waals surface area contributed by atoms with Crippen LogP contribution in [0.25, 0.3) is 11.0 Å². The third kappa shape index (κ3) is 8.83. The summed E-state index contributed by atoms with van der Waals surface area (Å²) < 4.78 is 26.6. The first-order valence-electron chi connectivity index (χ1n) is 18.6. The Morgan fingerprint density at radius 2 is 1.55 bits per heavy atom. The van der Waals surface area contributed by atoms with Crippen LogP contribution in [-0.4, -0.2) is 88.6 Å². The summed E-state index contributed by atoms with van der Waals surface area (Å²) in [5, 5.41) is 19.4. The second-order valence-electron chi connectivity index (χ2n) is 13.3. The molecule has 14 heteroatoms. The number of nitrogens with zero attached hydrogens (tertiary/aromatic N) is 6. The maximum atomic E-state index is 11.5. The van der Waals surface area contributed by atoms with E-state index >= 15 is 0 Å². The molecule has 6 rings (SSSR count). The van der Waals surface area contributed by atoms with Gasteiger partial charge in [0, 0.05) is 19.5 Å². The highest BCUT2D eigenvalue weighted by Gasteiger charge is 2.42. The first-order chi connectivity index (χ1) is 26.8. The van der Waals surface area contributed by atoms with Crippen LogP contribution in [0.15, 0.2) is 88.5 Å². The van der Waals surface area contributed by atoms with Crippen molar-refractivity contribution in [3.05, 3.63) is 100 Å². The molecule has 3 atom stereocenters. The molecule has 1 fully saturated rings. The second kappa shape index (κ2) is 18.6. The highest BCUT2D eigenvalue weighted by molar-refractivity contribution is 9.10. The SMILES string of the molecule is CCCCN(/C=N/c1nc(NC=O)nc2c1c(Br)nn2[C@H]1C[C@H](O)[C@@H](COC(c2ccccc2)(c2ccc(OC)cc2)c2ccc(OC)cc2)O1)CCCC. The number of unbranched alkanes of at least 4 members (excludes halogenated alkanes) is 2. The molecule has 2 aromatic heterocycles. The Kier molecular flexibility index (Phi) is 13.5. The third-order valence-corrected chi connectivity index (χ3v) is 10.3. The molecule has 0 spiro atoms. The van der Waals surface area contributed by atoms with E-state index in [-0.39, 0.29) is 19.0 Å². The number of methoxy groups -OCH3 is 2. The fourth-order valence-corrected chi connectivity index (χ4v) is 7.30. The van der Waals surface area contributed by atoms with E-state index in [2.05, 4.69) is 50.0 Å². The molecule has 1 aliphatic rings. The van der Waals surface area contributed by atoms with Crippen molar-refractivity contribution in [1.82, 2.24) is 24.6 Å². The van der Waals surface area contributed by atoms with Gasteiger partial charge in [-0.1, -0.05) is 81.3 Å². The summed E-state index contributed by atoms with van der Waals surface area (Å²) in [6.45, 7) is 6.08. The van der Waals surface area contributed by atoms with E-state index in [9.17, 15) is 9.90 Å². The molecule has 2 N–H and O–H groups in total. The van der Waals surface area contributed by atoms with Crippen LogP contribution >= 0.6 is 15.9 Å². The third-order valence-electron chi connectivity index (χ3n) is 9.73. The van der Waals surface area contributed by atoms with E-state index in [1.54, 1.807) is 25.2 Å². The summed E-state index contributed by atoms with van der Waals surface area (Å²) in [5.74, 6) is 1.84. The lowest BCUT2D eigenvalue weighted by Crippen LogP contribution is -2.38. The molecule has 1 saturated heterocycles. The number of rotatable bonds is 19. The van der Waals surface area contributed by atoms with Crippen LogP contribution in [0.4, 0.5) is 11.8 Å². The van der Waals surface area contributed by atoms with Crippen LogP contribution in [0.1, 0.15) is 68.9 Å². The van der Waals surface area contributed by atoms with E-state index in [1.807, 2.05) is 78.9 Å². The highest BCUT2D eigenvalue weighted by Crippen LogP contribution is 2.43. The number of carbonyl (C=O) groups is 1. The number of amides is 1. The minimum Gasteiger partial charge on any atom is -0.497 e. The van der Waals surface area contributed by atoms with Crippen LogP contribution in [-0.2, 0) is 19.9 Å². The van der Waals surface area contributed by atoms with Gasteiger partial charge in [-0.15, -0.1) is 0 Å². The first kappa shape index (κ1) is 39.8. The van der Waals surface area contributed by atoms with Crippen molar-refractivity contribution in [1.29, 1.82) is 0 Å². The summed E-state index contributed by atoms with van der Waals surface area (Å²) in [6.07, 6.45) is 4.38. The van der Waals surface area contributed by atoms with Crippen LogP contribution in [0.3, 0.4) is 0 Å².